The Labute approximate surface area is 178 Å². The van der Waals surface area contributed by atoms with Gasteiger partial charge in [0.25, 0.3) is 5.91 Å². The number of carbonyl (C=O) groups is 1. The van der Waals surface area contributed by atoms with Crippen LogP contribution in [0.2, 0.25) is 5.02 Å². The molecule has 0 bridgehead atoms. The molecular weight excluding hydrogens is 440 g/mol. The third-order valence-corrected chi connectivity index (χ3v) is 4.82. The first-order valence-electron chi connectivity index (χ1n) is 8.77. The van der Waals surface area contributed by atoms with Crippen molar-refractivity contribution < 1.29 is 9.53 Å². The fourth-order valence-electron chi connectivity index (χ4n) is 2.70. The van der Waals surface area contributed by atoms with E-state index in [2.05, 4.69) is 26.6 Å². The van der Waals surface area contributed by atoms with Crippen molar-refractivity contribution in [3.63, 3.8) is 0 Å². The summed E-state index contributed by atoms with van der Waals surface area (Å²) in [7, 11) is 0. The molecule has 0 aliphatic rings. The molecule has 0 unspecified atom stereocenters. The molecule has 144 valence electrons. The SMILES string of the molecule is Cc1cc(Br)ccc1NCc1cc(Cl)ccc1OCC(=O)Nc1ccccc1. The molecule has 3 aromatic carbocycles. The summed E-state index contributed by atoms with van der Waals surface area (Å²) in [5, 5.41) is 6.81. The van der Waals surface area contributed by atoms with Crippen LogP contribution in [0.5, 0.6) is 5.75 Å². The van der Waals surface area contributed by atoms with Gasteiger partial charge < -0.3 is 15.4 Å². The van der Waals surface area contributed by atoms with E-state index in [4.69, 9.17) is 16.3 Å². The van der Waals surface area contributed by atoms with Crippen LogP contribution in [0.25, 0.3) is 0 Å². The highest BCUT2D eigenvalue weighted by atomic mass is 79.9. The maximum atomic E-state index is 12.1. The number of nitrogens with one attached hydrogen (secondary N) is 2. The highest BCUT2D eigenvalue weighted by molar-refractivity contribution is 9.10. The third-order valence-electron chi connectivity index (χ3n) is 4.10. The Hall–Kier alpha value is -2.50. The standard InChI is InChI=1S/C22H20BrClN2O2/c1-15-11-17(23)7-9-20(15)25-13-16-12-18(24)8-10-21(16)28-14-22(27)26-19-5-3-2-4-6-19/h2-12,25H,13-14H2,1H3,(H,26,27). The van der Waals surface area contributed by atoms with Crippen LogP contribution in [0.4, 0.5) is 11.4 Å². The molecule has 0 aliphatic carbocycles. The lowest BCUT2D eigenvalue weighted by Crippen LogP contribution is -2.20. The van der Waals surface area contributed by atoms with E-state index in [1.165, 1.54) is 0 Å². The van der Waals surface area contributed by atoms with E-state index >= 15 is 0 Å². The highest BCUT2D eigenvalue weighted by Gasteiger charge is 2.09. The van der Waals surface area contributed by atoms with Crippen molar-refractivity contribution in [3.8, 4) is 5.75 Å². The van der Waals surface area contributed by atoms with E-state index in [-0.39, 0.29) is 12.5 Å². The fourth-order valence-corrected chi connectivity index (χ4v) is 3.37. The summed E-state index contributed by atoms with van der Waals surface area (Å²) in [6.07, 6.45) is 0. The lowest BCUT2D eigenvalue weighted by atomic mass is 10.1. The minimum atomic E-state index is -0.219. The van der Waals surface area contributed by atoms with Crippen molar-refractivity contribution in [1.29, 1.82) is 0 Å². The van der Waals surface area contributed by atoms with Gasteiger partial charge in [-0.1, -0.05) is 45.7 Å². The molecule has 0 atom stereocenters. The van der Waals surface area contributed by atoms with E-state index < -0.39 is 0 Å². The second-order valence-corrected chi connectivity index (χ2v) is 7.62. The molecule has 0 fully saturated rings. The molecule has 3 aromatic rings. The van der Waals surface area contributed by atoms with Gasteiger partial charge in [-0.25, -0.2) is 0 Å². The molecule has 3 rings (SSSR count). The maximum Gasteiger partial charge on any atom is 0.262 e. The average Bonchev–Trinajstić information content (AvgIpc) is 2.67. The number of ether oxygens (including phenoxy) is 1. The van der Waals surface area contributed by atoms with E-state index in [0.717, 1.165) is 27.0 Å². The summed E-state index contributed by atoms with van der Waals surface area (Å²) in [5.74, 6) is 0.402. The van der Waals surface area contributed by atoms with Crippen LogP contribution in [0.3, 0.4) is 0 Å². The number of para-hydroxylation sites is 1. The topological polar surface area (TPSA) is 50.4 Å². The molecule has 6 heteroatoms. The number of aryl methyl sites for hydroxylation is 1. The first kappa shape index (κ1) is 20.2. The zero-order valence-corrected chi connectivity index (χ0v) is 17.7. The molecule has 2 N–H and O–H groups in total. The van der Waals surface area contributed by atoms with Crippen molar-refractivity contribution in [2.45, 2.75) is 13.5 Å². The number of rotatable bonds is 7. The largest absolute Gasteiger partial charge is 0.483 e. The second-order valence-electron chi connectivity index (χ2n) is 6.27. The lowest BCUT2D eigenvalue weighted by molar-refractivity contribution is -0.118. The Balaban J connectivity index is 1.64. The minimum Gasteiger partial charge on any atom is -0.483 e. The molecular formula is C22H20BrClN2O2. The van der Waals surface area contributed by atoms with Crippen LogP contribution >= 0.6 is 27.5 Å². The first-order chi connectivity index (χ1) is 13.5. The van der Waals surface area contributed by atoms with Crippen molar-refractivity contribution in [3.05, 3.63) is 87.4 Å². The zero-order valence-electron chi connectivity index (χ0n) is 15.3. The summed E-state index contributed by atoms with van der Waals surface area (Å²) < 4.78 is 6.78. The van der Waals surface area contributed by atoms with Crippen LogP contribution in [0, 0.1) is 6.92 Å². The predicted octanol–water partition coefficient (Wildman–Crippen LogP) is 6.04. The quantitative estimate of drug-likeness (QED) is 0.453. The van der Waals surface area contributed by atoms with Crippen LogP contribution < -0.4 is 15.4 Å². The number of hydrogen-bond donors (Lipinski definition) is 2. The number of amides is 1. The summed E-state index contributed by atoms with van der Waals surface area (Å²) in [6, 6.07) is 20.7. The van der Waals surface area contributed by atoms with Crippen LogP contribution in [0.1, 0.15) is 11.1 Å². The van der Waals surface area contributed by atoms with E-state index in [1.807, 2.05) is 61.5 Å². The number of hydrogen-bond acceptors (Lipinski definition) is 3. The number of benzene rings is 3. The van der Waals surface area contributed by atoms with Gasteiger partial charge in [-0.05, 0) is 61.0 Å². The fraction of sp³-hybridized carbons (Fsp3) is 0.136. The molecule has 4 nitrogen and oxygen atoms in total. The summed E-state index contributed by atoms with van der Waals surface area (Å²) in [5.41, 5.74) is 3.76. The first-order valence-corrected chi connectivity index (χ1v) is 9.94. The molecule has 0 radical (unpaired) electrons. The van der Waals surface area contributed by atoms with Gasteiger partial charge in [0.2, 0.25) is 0 Å². The highest BCUT2D eigenvalue weighted by Crippen LogP contribution is 2.26. The van der Waals surface area contributed by atoms with Crippen molar-refractivity contribution in [2.24, 2.45) is 0 Å². The van der Waals surface area contributed by atoms with Crippen LogP contribution in [-0.4, -0.2) is 12.5 Å². The zero-order chi connectivity index (χ0) is 19.9. The predicted molar refractivity (Wildman–Crippen MR) is 118 cm³/mol. The molecule has 0 saturated carbocycles. The summed E-state index contributed by atoms with van der Waals surface area (Å²) in [4.78, 5) is 12.1. The Morgan fingerprint density at radius 3 is 2.61 bits per heavy atom. The monoisotopic (exact) mass is 458 g/mol. The molecule has 0 saturated heterocycles. The van der Waals surface area contributed by atoms with Gasteiger partial charge in [0.05, 0.1) is 0 Å². The Bertz CT molecular complexity index is 964. The van der Waals surface area contributed by atoms with Gasteiger partial charge in [0, 0.05) is 33.0 Å². The van der Waals surface area contributed by atoms with Gasteiger partial charge in [0.15, 0.2) is 6.61 Å². The summed E-state index contributed by atoms with van der Waals surface area (Å²) in [6.45, 7) is 2.48. The number of carbonyl (C=O) groups excluding carboxylic acids is 1. The van der Waals surface area contributed by atoms with Crippen molar-refractivity contribution in [1.82, 2.24) is 0 Å². The third kappa shape index (κ3) is 5.75. The number of halogens is 2. The molecule has 0 heterocycles. The Kier molecular flexibility index (Phi) is 6.95. The minimum absolute atomic E-state index is 0.0825. The Morgan fingerprint density at radius 2 is 1.86 bits per heavy atom. The molecule has 0 spiro atoms. The van der Waals surface area contributed by atoms with Crippen molar-refractivity contribution in [2.75, 3.05) is 17.2 Å². The molecule has 0 aliphatic heterocycles. The van der Waals surface area contributed by atoms with Crippen molar-refractivity contribution >= 4 is 44.8 Å². The van der Waals surface area contributed by atoms with E-state index in [9.17, 15) is 4.79 Å². The van der Waals surface area contributed by atoms with E-state index in [0.29, 0.717) is 17.3 Å². The summed E-state index contributed by atoms with van der Waals surface area (Å²) >= 11 is 9.62. The molecule has 0 aromatic heterocycles. The van der Waals surface area contributed by atoms with Crippen LogP contribution in [0.15, 0.2) is 71.2 Å². The average molecular weight is 460 g/mol. The van der Waals surface area contributed by atoms with E-state index in [1.54, 1.807) is 12.1 Å². The van der Waals surface area contributed by atoms with Gasteiger partial charge >= 0.3 is 0 Å². The van der Waals surface area contributed by atoms with Gasteiger partial charge in [-0.2, -0.15) is 0 Å². The normalized spacial score (nSPS) is 10.4. The maximum absolute atomic E-state index is 12.1. The van der Waals surface area contributed by atoms with Gasteiger partial charge in [-0.3, -0.25) is 4.79 Å². The second kappa shape index (κ2) is 9.62. The van der Waals surface area contributed by atoms with Gasteiger partial charge in [-0.15, -0.1) is 0 Å². The lowest BCUT2D eigenvalue weighted by Gasteiger charge is -2.15. The van der Waals surface area contributed by atoms with Gasteiger partial charge in [0.1, 0.15) is 5.75 Å². The molecule has 1 amide bonds. The smallest absolute Gasteiger partial charge is 0.262 e. The molecule has 28 heavy (non-hydrogen) atoms. The Morgan fingerprint density at radius 1 is 1.07 bits per heavy atom. The number of anilines is 2. The van der Waals surface area contributed by atoms with Crippen LogP contribution in [-0.2, 0) is 11.3 Å².